The average Bonchev–Trinajstić information content (AvgIpc) is 2.27. The molecule has 0 unspecified atom stereocenters. The minimum absolute atomic E-state index is 0.0397. The van der Waals surface area contributed by atoms with E-state index < -0.39 is 20.0 Å². The van der Waals surface area contributed by atoms with E-state index in [1.54, 1.807) is 13.8 Å². The molecule has 8 heteroatoms. The second kappa shape index (κ2) is 5.89. The van der Waals surface area contributed by atoms with Gasteiger partial charge in [0.2, 0.25) is 20.0 Å². The predicted molar refractivity (Wildman–Crippen MR) is 75.0 cm³/mol. The Balaban J connectivity index is 2.94. The van der Waals surface area contributed by atoms with Crippen LogP contribution >= 0.6 is 0 Å². The smallest absolute Gasteiger partial charge is 0.240 e. The second-order valence-electron chi connectivity index (χ2n) is 4.31. The van der Waals surface area contributed by atoms with Crippen molar-refractivity contribution >= 4 is 25.7 Å². The summed E-state index contributed by atoms with van der Waals surface area (Å²) in [5, 5.41) is 0. The molecule has 2 N–H and O–H groups in total. The third kappa shape index (κ3) is 4.81. The van der Waals surface area contributed by atoms with Crippen LogP contribution in [-0.4, -0.2) is 28.6 Å². The van der Waals surface area contributed by atoms with Crippen LogP contribution in [-0.2, 0) is 20.0 Å². The predicted octanol–water partition coefficient (Wildman–Crippen LogP) is 1.13. The lowest BCUT2D eigenvalue weighted by atomic mass is 10.3. The zero-order valence-corrected chi connectivity index (χ0v) is 12.7. The summed E-state index contributed by atoms with van der Waals surface area (Å²) in [7, 11) is -6.91. The van der Waals surface area contributed by atoms with Crippen molar-refractivity contribution in [1.82, 2.24) is 4.72 Å². The summed E-state index contributed by atoms with van der Waals surface area (Å²) < 4.78 is 51.2. The second-order valence-corrected chi connectivity index (χ2v) is 8.03. The highest BCUT2D eigenvalue weighted by Crippen LogP contribution is 2.15. The molecule has 0 heterocycles. The summed E-state index contributed by atoms with van der Waals surface area (Å²) in [5.41, 5.74) is 0.338. The molecule has 108 valence electrons. The Bertz CT molecular complexity index is 619. The van der Waals surface area contributed by atoms with E-state index in [4.69, 9.17) is 0 Å². The van der Waals surface area contributed by atoms with Crippen LogP contribution in [0.3, 0.4) is 0 Å². The first-order valence-electron chi connectivity index (χ1n) is 5.79. The van der Waals surface area contributed by atoms with E-state index in [9.17, 15) is 16.8 Å². The van der Waals surface area contributed by atoms with Gasteiger partial charge in [0.25, 0.3) is 0 Å². The third-order valence-corrected chi connectivity index (χ3v) is 5.19. The van der Waals surface area contributed by atoms with Crippen molar-refractivity contribution in [3.63, 3.8) is 0 Å². The number of benzene rings is 1. The number of nitrogens with one attached hydrogen (secondary N) is 2. The van der Waals surface area contributed by atoms with E-state index in [2.05, 4.69) is 9.44 Å². The first-order chi connectivity index (χ1) is 8.66. The average molecular weight is 306 g/mol. The van der Waals surface area contributed by atoms with Crippen LogP contribution in [0.1, 0.15) is 20.8 Å². The number of anilines is 1. The van der Waals surface area contributed by atoms with Crippen molar-refractivity contribution in [1.29, 1.82) is 0 Å². The van der Waals surface area contributed by atoms with Crippen LogP contribution in [0.2, 0.25) is 0 Å². The molecule has 0 amide bonds. The van der Waals surface area contributed by atoms with Gasteiger partial charge in [-0.3, -0.25) is 4.72 Å². The summed E-state index contributed by atoms with van der Waals surface area (Å²) in [5.74, 6) is -0.0397. The molecule has 1 rings (SSSR count). The normalized spacial score (nSPS) is 12.6. The Morgan fingerprint density at radius 2 is 1.58 bits per heavy atom. The van der Waals surface area contributed by atoms with Crippen LogP contribution in [0.15, 0.2) is 29.2 Å². The first kappa shape index (κ1) is 15.9. The molecular weight excluding hydrogens is 288 g/mol. The molecule has 1 aromatic rings. The Labute approximate surface area is 114 Å². The molecule has 0 aromatic heterocycles. The van der Waals surface area contributed by atoms with Gasteiger partial charge in [-0.05, 0) is 45.0 Å². The van der Waals surface area contributed by atoms with Gasteiger partial charge < -0.3 is 0 Å². The third-order valence-electron chi connectivity index (χ3n) is 2.21. The van der Waals surface area contributed by atoms with E-state index in [1.807, 2.05) is 0 Å². The largest absolute Gasteiger partial charge is 0.284 e. The zero-order chi connectivity index (χ0) is 14.7. The van der Waals surface area contributed by atoms with Gasteiger partial charge in [-0.25, -0.2) is 21.6 Å². The van der Waals surface area contributed by atoms with Crippen molar-refractivity contribution in [3.05, 3.63) is 24.3 Å². The topological polar surface area (TPSA) is 92.3 Å². The fourth-order valence-corrected chi connectivity index (χ4v) is 3.22. The van der Waals surface area contributed by atoms with Gasteiger partial charge in [-0.15, -0.1) is 0 Å². The molecule has 1 aromatic carbocycles. The summed E-state index contributed by atoms with van der Waals surface area (Å²) in [6.45, 7) is 4.97. The molecule has 0 fully saturated rings. The van der Waals surface area contributed by atoms with E-state index in [0.29, 0.717) is 5.69 Å². The minimum atomic E-state index is -3.55. The van der Waals surface area contributed by atoms with Crippen molar-refractivity contribution < 1.29 is 16.8 Å². The molecule has 19 heavy (non-hydrogen) atoms. The molecule has 0 aliphatic rings. The molecule has 0 spiro atoms. The highest BCUT2D eigenvalue weighted by molar-refractivity contribution is 7.92. The summed E-state index contributed by atoms with van der Waals surface area (Å²) in [4.78, 5) is 0.0978. The Kier molecular flexibility index (Phi) is 4.94. The van der Waals surface area contributed by atoms with Gasteiger partial charge in [0.15, 0.2) is 0 Å². The van der Waals surface area contributed by atoms with Crippen LogP contribution in [0.25, 0.3) is 0 Å². The minimum Gasteiger partial charge on any atom is -0.284 e. The number of hydrogen-bond acceptors (Lipinski definition) is 4. The fraction of sp³-hybridized carbons (Fsp3) is 0.455. The van der Waals surface area contributed by atoms with Crippen LogP contribution in [0.5, 0.6) is 0 Å². The maximum Gasteiger partial charge on any atom is 0.240 e. The van der Waals surface area contributed by atoms with E-state index in [-0.39, 0.29) is 16.7 Å². The van der Waals surface area contributed by atoms with Crippen molar-refractivity contribution in [2.75, 3.05) is 10.5 Å². The maximum absolute atomic E-state index is 11.8. The van der Waals surface area contributed by atoms with Gasteiger partial charge in [0.05, 0.1) is 10.6 Å². The molecule has 0 radical (unpaired) electrons. The van der Waals surface area contributed by atoms with Crippen LogP contribution in [0, 0.1) is 0 Å². The number of sulfonamides is 2. The van der Waals surface area contributed by atoms with Gasteiger partial charge in [-0.2, -0.15) is 0 Å². The Hall–Kier alpha value is -1.12. The molecule has 0 aliphatic carbocycles. The van der Waals surface area contributed by atoms with E-state index in [0.717, 1.165) is 0 Å². The lowest BCUT2D eigenvalue weighted by molar-refractivity contribution is 0.570. The number of rotatable bonds is 6. The molecule has 0 saturated heterocycles. The van der Waals surface area contributed by atoms with Gasteiger partial charge >= 0.3 is 0 Å². The Morgan fingerprint density at radius 1 is 1.05 bits per heavy atom. The molecule has 0 bridgehead atoms. The highest BCUT2D eigenvalue weighted by Gasteiger charge is 2.15. The molecule has 0 atom stereocenters. The first-order valence-corrected chi connectivity index (χ1v) is 8.92. The van der Waals surface area contributed by atoms with Crippen molar-refractivity contribution in [2.24, 2.45) is 0 Å². The van der Waals surface area contributed by atoms with E-state index in [1.165, 1.54) is 31.2 Å². The summed E-state index contributed by atoms with van der Waals surface area (Å²) in [6, 6.07) is 5.35. The van der Waals surface area contributed by atoms with Gasteiger partial charge in [0.1, 0.15) is 0 Å². The van der Waals surface area contributed by atoms with Crippen LogP contribution < -0.4 is 9.44 Å². The van der Waals surface area contributed by atoms with E-state index >= 15 is 0 Å². The molecule has 0 aliphatic heterocycles. The van der Waals surface area contributed by atoms with Gasteiger partial charge in [-0.1, -0.05) is 0 Å². The van der Waals surface area contributed by atoms with Gasteiger partial charge in [0, 0.05) is 11.7 Å². The summed E-state index contributed by atoms with van der Waals surface area (Å²) >= 11 is 0. The molecule has 6 nitrogen and oxygen atoms in total. The van der Waals surface area contributed by atoms with Crippen molar-refractivity contribution in [3.8, 4) is 0 Å². The standard InChI is InChI=1S/C11H18N2O4S2/c1-4-18(14,15)13-10-5-7-11(8-6-10)19(16,17)12-9(2)3/h5-9,12-13H,4H2,1-3H3. The Morgan fingerprint density at radius 3 is 2.00 bits per heavy atom. The monoisotopic (exact) mass is 306 g/mol. The number of hydrogen-bond donors (Lipinski definition) is 2. The fourth-order valence-electron chi connectivity index (χ4n) is 1.33. The lowest BCUT2D eigenvalue weighted by Gasteiger charge is -2.10. The zero-order valence-electron chi connectivity index (χ0n) is 11.0. The quantitative estimate of drug-likeness (QED) is 0.824. The lowest BCUT2D eigenvalue weighted by Crippen LogP contribution is -2.30. The maximum atomic E-state index is 11.8. The summed E-state index contributed by atoms with van der Waals surface area (Å²) in [6.07, 6.45) is 0. The molecule has 0 saturated carbocycles. The van der Waals surface area contributed by atoms with Crippen LogP contribution in [0.4, 0.5) is 5.69 Å². The molecular formula is C11H18N2O4S2. The highest BCUT2D eigenvalue weighted by atomic mass is 32.2. The van der Waals surface area contributed by atoms with Crippen molar-refractivity contribution in [2.45, 2.75) is 31.7 Å². The SMILES string of the molecule is CCS(=O)(=O)Nc1ccc(S(=O)(=O)NC(C)C)cc1.